The number of carbonyl (C=O) groups is 5. The third kappa shape index (κ3) is 3.26. The number of fused-ring (bicyclic) bond motifs is 1. The monoisotopic (exact) mass is 375 g/mol. The highest BCUT2D eigenvalue weighted by atomic mass is 16.4. The number of nitrogens with zero attached hydrogens (tertiary/aromatic N) is 2. The highest BCUT2D eigenvalue weighted by molar-refractivity contribution is 6.23. The number of hydrogen-bond acceptors (Lipinski definition) is 6. The molecule has 3 amide bonds. The molecule has 0 aliphatic carbocycles. The van der Waals surface area contributed by atoms with Gasteiger partial charge < -0.3 is 10.2 Å². The molecule has 2 atom stereocenters. The minimum Gasteiger partial charge on any atom is -0.481 e. The van der Waals surface area contributed by atoms with Gasteiger partial charge in [0.25, 0.3) is 17.7 Å². The smallest absolute Gasteiger partial charge is 0.328 e. The van der Waals surface area contributed by atoms with Crippen molar-refractivity contribution < 1.29 is 34.2 Å². The number of carboxylic acids is 2. The SMILES string of the molecule is O=C(O)CC(C(=O)N1NCCCC1C(=O)O)N1C(=O)c2ccccc2C1=O. The van der Waals surface area contributed by atoms with Gasteiger partial charge in [-0.05, 0) is 25.0 Å². The molecule has 0 saturated carbocycles. The molecule has 2 aliphatic heterocycles. The van der Waals surface area contributed by atoms with Crippen LogP contribution in [0, 0.1) is 0 Å². The van der Waals surface area contributed by atoms with Crippen LogP contribution in [0.5, 0.6) is 0 Å². The molecule has 3 rings (SSSR count). The zero-order valence-corrected chi connectivity index (χ0v) is 14.1. The Labute approximate surface area is 153 Å². The largest absolute Gasteiger partial charge is 0.481 e. The Balaban J connectivity index is 1.96. The summed E-state index contributed by atoms with van der Waals surface area (Å²) in [6.45, 7) is 0.317. The van der Waals surface area contributed by atoms with E-state index in [2.05, 4.69) is 5.43 Å². The number of amides is 3. The standard InChI is InChI=1S/C17H17N3O7/c21-13(22)8-12(16(25)20-11(17(26)27)6-3-7-18-20)19-14(23)9-4-1-2-5-10(9)15(19)24/h1-2,4-5,11-12,18H,3,6-8H2,(H,21,22)(H,26,27). The first-order valence-electron chi connectivity index (χ1n) is 8.31. The van der Waals surface area contributed by atoms with Crippen LogP contribution in [-0.2, 0) is 14.4 Å². The molecule has 0 radical (unpaired) electrons. The second-order valence-corrected chi connectivity index (χ2v) is 6.25. The van der Waals surface area contributed by atoms with E-state index in [0.29, 0.717) is 17.9 Å². The zero-order chi connectivity index (χ0) is 19.7. The summed E-state index contributed by atoms with van der Waals surface area (Å²) in [7, 11) is 0. The predicted octanol–water partition coefficient (Wildman–Crippen LogP) is -0.294. The maximum absolute atomic E-state index is 13.0. The number of rotatable bonds is 5. The lowest BCUT2D eigenvalue weighted by atomic mass is 10.1. The first kappa shape index (κ1) is 18.5. The van der Waals surface area contributed by atoms with E-state index in [1.165, 1.54) is 12.1 Å². The summed E-state index contributed by atoms with van der Waals surface area (Å²) in [5, 5.41) is 19.4. The molecule has 0 spiro atoms. The van der Waals surface area contributed by atoms with Gasteiger partial charge in [-0.15, -0.1) is 0 Å². The third-order valence-electron chi connectivity index (χ3n) is 4.56. The minimum atomic E-state index is -1.65. The van der Waals surface area contributed by atoms with Crippen LogP contribution in [0.4, 0.5) is 0 Å². The van der Waals surface area contributed by atoms with Gasteiger partial charge in [-0.1, -0.05) is 12.1 Å². The molecule has 10 heteroatoms. The Morgan fingerprint density at radius 3 is 2.22 bits per heavy atom. The average Bonchev–Trinajstić information content (AvgIpc) is 2.90. The van der Waals surface area contributed by atoms with Crippen molar-refractivity contribution in [3.63, 3.8) is 0 Å². The van der Waals surface area contributed by atoms with Gasteiger partial charge in [0.2, 0.25) is 0 Å². The average molecular weight is 375 g/mol. The summed E-state index contributed by atoms with van der Waals surface area (Å²) in [4.78, 5) is 61.6. The van der Waals surface area contributed by atoms with Crippen LogP contribution in [-0.4, -0.2) is 68.4 Å². The summed E-state index contributed by atoms with van der Waals surface area (Å²) >= 11 is 0. The van der Waals surface area contributed by atoms with E-state index in [9.17, 15) is 34.2 Å². The Hall–Kier alpha value is -3.27. The molecule has 2 heterocycles. The summed E-state index contributed by atoms with van der Waals surface area (Å²) in [5.74, 6) is -5.15. The molecule has 27 heavy (non-hydrogen) atoms. The molecule has 10 nitrogen and oxygen atoms in total. The molecule has 2 unspecified atom stereocenters. The molecule has 1 fully saturated rings. The number of hydrogen-bond donors (Lipinski definition) is 3. The van der Waals surface area contributed by atoms with E-state index in [4.69, 9.17) is 0 Å². The van der Waals surface area contributed by atoms with Crippen LogP contribution >= 0.6 is 0 Å². The number of carbonyl (C=O) groups excluding carboxylic acids is 3. The van der Waals surface area contributed by atoms with Crippen LogP contribution in [0.15, 0.2) is 24.3 Å². The molecule has 2 aliphatic rings. The Morgan fingerprint density at radius 1 is 1.11 bits per heavy atom. The number of imide groups is 1. The second-order valence-electron chi connectivity index (χ2n) is 6.25. The first-order chi connectivity index (χ1) is 12.8. The van der Waals surface area contributed by atoms with E-state index in [1.54, 1.807) is 12.1 Å². The van der Waals surface area contributed by atoms with Crippen molar-refractivity contribution in [2.45, 2.75) is 31.3 Å². The summed E-state index contributed by atoms with van der Waals surface area (Å²) in [6.07, 6.45) is -0.137. The number of aliphatic carboxylic acids is 2. The molecule has 1 saturated heterocycles. The molecule has 142 valence electrons. The van der Waals surface area contributed by atoms with Crippen molar-refractivity contribution >= 4 is 29.7 Å². The van der Waals surface area contributed by atoms with Gasteiger partial charge in [-0.25, -0.2) is 10.2 Å². The zero-order valence-electron chi connectivity index (χ0n) is 14.1. The summed E-state index contributed by atoms with van der Waals surface area (Å²) in [6, 6.07) is 3.07. The van der Waals surface area contributed by atoms with Gasteiger partial charge in [-0.2, -0.15) is 0 Å². The molecule has 1 aromatic rings. The van der Waals surface area contributed by atoms with Crippen molar-refractivity contribution in [1.82, 2.24) is 15.3 Å². The fourth-order valence-electron chi connectivity index (χ4n) is 3.31. The van der Waals surface area contributed by atoms with Crippen molar-refractivity contribution in [1.29, 1.82) is 0 Å². The fraction of sp³-hybridized carbons (Fsp3) is 0.353. The Kier molecular flexibility index (Phi) is 4.91. The van der Waals surface area contributed by atoms with Crippen LogP contribution in [0.25, 0.3) is 0 Å². The van der Waals surface area contributed by atoms with Crippen molar-refractivity contribution in [2.24, 2.45) is 0 Å². The van der Waals surface area contributed by atoms with Crippen molar-refractivity contribution in [2.75, 3.05) is 6.54 Å². The number of hydrazine groups is 1. The summed E-state index contributed by atoms with van der Waals surface area (Å²) < 4.78 is 0. The number of benzene rings is 1. The molecule has 3 N–H and O–H groups in total. The van der Waals surface area contributed by atoms with E-state index >= 15 is 0 Å². The van der Waals surface area contributed by atoms with E-state index < -0.39 is 48.2 Å². The Morgan fingerprint density at radius 2 is 1.70 bits per heavy atom. The van der Waals surface area contributed by atoms with Gasteiger partial charge in [-0.3, -0.25) is 29.1 Å². The fourth-order valence-corrected chi connectivity index (χ4v) is 3.31. The van der Waals surface area contributed by atoms with Gasteiger partial charge in [0.15, 0.2) is 0 Å². The lowest BCUT2D eigenvalue weighted by Gasteiger charge is -2.37. The molecule has 1 aromatic carbocycles. The number of nitrogens with one attached hydrogen (secondary N) is 1. The normalized spacial score (nSPS) is 20.4. The molecule has 0 aromatic heterocycles. The van der Waals surface area contributed by atoms with Gasteiger partial charge >= 0.3 is 11.9 Å². The van der Waals surface area contributed by atoms with Gasteiger partial charge in [0, 0.05) is 6.54 Å². The van der Waals surface area contributed by atoms with E-state index in [1.807, 2.05) is 0 Å². The van der Waals surface area contributed by atoms with Crippen molar-refractivity contribution in [3.8, 4) is 0 Å². The topological polar surface area (TPSA) is 144 Å². The van der Waals surface area contributed by atoms with Crippen LogP contribution < -0.4 is 5.43 Å². The first-order valence-corrected chi connectivity index (χ1v) is 8.31. The maximum atomic E-state index is 13.0. The van der Waals surface area contributed by atoms with Gasteiger partial charge in [0.05, 0.1) is 17.5 Å². The lowest BCUT2D eigenvalue weighted by molar-refractivity contribution is -0.158. The molecule has 0 bridgehead atoms. The van der Waals surface area contributed by atoms with E-state index in [0.717, 1.165) is 5.01 Å². The van der Waals surface area contributed by atoms with Crippen LogP contribution in [0.1, 0.15) is 40.0 Å². The highest BCUT2D eigenvalue weighted by Gasteiger charge is 2.46. The Bertz CT molecular complexity index is 803. The number of carboxylic acid groups (broad SMARTS) is 2. The highest BCUT2D eigenvalue weighted by Crippen LogP contribution is 2.27. The third-order valence-corrected chi connectivity index (χ3v) is 4.56. The van der Waals surface area contributed by atoms with Gasteiger partial charge in [0.1, 0.15) is 12.1 Å². The lowest BCUT2D eigenvalue weighted by Crippen LogP contribution is -2.62. The van der Waals surface area contributed by atoms with E-state index in [-0.39, 0.29) is 17.5 Å². The predicted molar refractivity (Wildman–Crippen MR) is 88.5 cm³/mol. The molecular weight excluding hydrogens is 358 g/mol. The molecular formula is C17H17N3O7. The quantitative estimate of drug-likeness (QED) is 0.595. The van der Waals surface area contributed by atoms with Crippen molar-refractivity contribution in [3.05, 3.63) is 35.4 Å². The second kappa shape index (κ2) is 7.16. The van der Waals surface area contributed by atoms with Crippen LogP contribution in [0.2, 0.25) is 0 Å². The summed E-state index contributed by atoms with van der Waals surface area (Å²) in [5.41, 5.74) is 2.79. The maximum Gasteiger partial charge on any atom is 0.328 e. The minimum absolute atomic E-state index is 0.0760. The van der Waals surface area contributed by atoms with Crippen LogP contribution in [0.3, 0.4) is 0 Å².